The third-order valence-electron chi connectivity index (χ3n) is 4.03. The largest absolute Gasteiger partial charge is 0.481 e. The second kappa shape index (κ2) is 6.62. The van der Waals surface area contributed by atoms with E-state index in [-0.39, 0.29) is 12.8 Å². The molecule has 0 atom stereocenters. The van der Waals surface area contributed by atoms with E-state index in [0.717, 1.165) is 22.7 Å². The van der Waals surface area contributed by atoms with E-state index >= 15 is 0 Å². The maximum absolute atomic E-state index is 11.0. The molecule has 0 unspecified atom stereocenters. The van der Waals surface area contributed by atoms with Gasteiger partial charge >= 0.3 is 11.9 Å². The van der Waals surface area contributed by atoms with Crippen molar-refractivity contribution in [2.75, 3.05) is 22.9 Å². The smallest absolute Gasteiger partial charge is 0.305 e. The number of hydrogen-bond acceptors (Lipinski definition) is 4. The number of aliphatic carboxylic acids is 2. The molecule has 6 heteroatoms. The van der Waals surface area contributed by atoms with Crippen LogP contribution in [-0.4, -0.2) is 35.2 Å². The lowest BCUT2D eigenvalue weighted by atomic mass is 10.1. The molecule has 6 nitrogen and oxygen atoms in total. The zero-order valence-electron chi connectivity index (χ0n) is 13.1. The summed E-state index contributed by atoms with van der Waals surface area (Å²) in [5.74, 6) is -1.70. The molecule has 0 bridgehead atoms. The normalized spacial score (nSPS) is 12.5. The lowest BCUT2D eigenvalue weighted by Gasteiger charge is -2.40. The van der Waals surface area contributed by atoms with Crippen LogP contribution in [0.4, 0.5) is 22.7 Å². The molecule has 0 spiro atoms. The van der Waals surface area contributed by atoms with Gasteiger partial charge < -0.3 is 20.0 Å². The number of hydrogen-bond donors (Lipinski definition) is 2. The third-order valence-corrected chi connectivity index (χ3v) is 4.03. The Morgan fingerprint density at radius 3 is 1.21 bits per heavy atom. The van der Waals surface area contributed by atoms with Crippen molar-refractivity contribution < 1.29 is 19.8 Å². The molecule has 2 aromatic carbocycles. The second-order valence-corrected chi connectivity index (χ2v) is 5.57. The molecule has 0 amide bonds. The van der Waals surface area contributed by atoms with E-state index in [0.29, 0.717) is 13.1 Å². The zero-order chi connectivity index (χ0) is 17.1. The van der Waals surface area contributed by atoms with Gasteiger partial charge in [0.25, 0.3) is 0 Å². The predicted molar refractivity (Wildman–Crippen MR) is 91.4 cm³/mol. The zero-order valence-corrected chi connectivity index (χ0v) is 13.1. The van der Waals surface area contributed by atoms with Gasteiger partial charge in [0.1, 0.15) is 0 Å². The summed E-state index contributed by atoms with van der Waals surface area (Å²) in [6.07, 6.45) is 0.0512. The van der Waals surface area contributed by atoms with Crippen molar-refractivity contribution >= 4 is 34.7 Å². The standard InChI is InChI=1S/C18H18N2O4/c21-17(22)9-11-19-13-5-1-2-6-14(13)20(12-10-18(23)24)16-8-4-3-7-15(16)19/h1-8H,9-12H2,(H,21,22)(H,23,24). The van der Waals surface area contributed by atoms with E-state index in [9.17, 15) is 9.59 Å². The minimum atomic E-state index is -0.849. The number of benzene rings is 2. The molecule has 3 rings (SSSR count). The van der Waals surface area contributed by atoms with Crippen molar-refractivity contribution in [3.05, 3.63) is 48.5 Å². The number of anilines is 4. The molecule has 124 valence electrons. The summed E-state index contributed by atoms with van der Waals surface area (Å²) in [6.45, 7) is 0.715. The summed E-state index contributed by atoms with van der Waals surface area (Å²) in [7, 11) is 0. The fourth-order valence-electron chi connectivity index (χ4n) is 3.00. The molecule has 2 aromatic rings. The number of fused-ring (bicyclic) bond motifs is 2. The maximum atomic E-state index is 11.0. The molecular formula is C18H18N2O4. The van der Waals surface area contributed by atoms with Gasteiger partial charge in [0.05, 0.1) is 35.6 Å². The molecule has 0 saturated carbocycles. The summed E-state index contributed by atoms with van der Waals surface area (Å²) in [5.41, 5.74) is 3.57. The van der Waals surface area contributed by atoms with E-state index in [1.165, 1.54) is 0 Å². The monoisotopic (exact) mass is 326 g/mol. The van der Waals surface area contributed by atoms with Crippen LogP contribution in [0.3, 0.4) is 0 Å². The van der Waals surface area contributed by atoms with Crippen molar-refractivity contribution in [2.45, 2.75) is 12.8 Å². The van der Waals surface area contributed by atoms with Gasteiger partial charge in [-0.15, -0.1) is 0 Å². The first-order valence-corrected chi connectivity index (χ1v) is 7.74. The average molecular weight is 326 g/mol. The van der Waals surface area contributed by atoms with Gasteiger partial charge in [0.15, 0.2) is 0 Å². The molecule has 24 heavy (non-hydrogen) atoms. The molecule has 2 N–H and O–H groups in total. The lowest BCUT2D eigenvalue weighted by molar-refractivity contribution is -0.137. The highest BCUT2D eigenvalue weighted by molar-refractivity contribution is 5.93. The Morgan fingerprint density at radius 1 is 0.667 bits per heavy atom. The minimum Gasteiger partial charge on any atom is -0.481 e. The second-order valence-electron chi connectivity index (χ2n) is 5.57. The SMILES string of the molecule is O=C(O)CCN1c2ccccc2N(CCC(=O)O)c2ccccc21. The summed E-state index contributed by atoms with van der Waals surface area (Å²) in [5, 5.41) is 18.1. The van der Waals surface area contributed by atoms with Crippen LogP contribution in [0.1, 0.15) is 12.8 Å². The van der Waals surface area contributed by atoms with Crippen LogP contribution in [0, 0.1) is 0 Å². The molecule has 1 aliphatic heterocycles. The number of rotatable bonds is 6. The highest BCUT2D eigenvalue weighted by atomic mass is 16.4. The third kappa shape index (κ3) is 3.03. The topological polar surface area (TPSA) is 81.1 Å². The van der Waals surface area contributed by atoms with Crippen molar-refractivity contribution in [1.82, 2.24) is 0 Å². The first kappa shape index (κ1) is 15.9. The summed E-state index contributed by atoms with van der Waals surface area (Å²) >= 11 is 0. The molecule has 1 aliphatic rings. The van der Waals surface area contributed by atoms with Gasteiger partial charge in [-0.25, -0.2) is 0 Å². The van der Waals surface area contributed by atoms with Crippen LogP contribution in [0.25, 0.3) is 0 Å². The van der Waals surface area contributed by atoms with Gasteiger partial charge in [0.2, 0.25) is 0 Å². The highest BCUT2D eigenvalue weighted by Crippen LogP contribution is 2.47. The number of carboxylic acids is 2. The Kier molecular flexibility index (Phi) is 4.37. The molecule has 0 aromatic heterocycles. The number of carboxylic acid groups (broad SMARTS) is 2. The molecule has 0 radical (unpaired) electrons. The first-order valence-electron chi connectivity index (χ1n) is 7.74. The Labute approximate surface area is 139 Å². The Hall–Kier alpha value is -3.02. The Bertz CT molecular complexity index is 664. The van der Waals surface area contributed by atoms with E-state index in [1.807, 2.05) is 58.3 Å². The van der Waals surface area contributed by atoms with Gasteiger partial charge in [0, 0.05) is 13.1 Å². The van der Waals surface area contributed by atoms with Gasteiger partial charge in [-0.1, -0.05) is 24.3 Å². The van der Waals surface area contributed by atoms with E-state index in [2.05, 4.69) is 0 Å². The Morgan fingerprint density at radius 2 is 0.958 bits per heavy atom. The highest BCUT2D eigenvalue weighted by Gasteiger charge is 2.28. The average Bonchev–Trinajstić information content (AvgIpc) is 2.57. The molecule has 1 heterocycles. The molecular weight excluding hydrogens is 308 g/mol. The van der Waals surface area contributed by atoms with Crippen LogP contribution in [0.2, 0.25) is 0 Å². The van der Waals surface area contributed by atoms with Crippen LogP contribution >= 0.6 is 0 Å². The summed E-state index contributed by atoms with van der Waals surface area (Å²) in [4.78, 5) is 26.0. The quantitative estimate of drug-likeness (QED) is 0.848. The maximum Gasteiger partial charge on any atom is 0.305 e. The van der Waals surface area contributed by atoms with Crippen molar-refractivity contribution in [2.24, 2.45) is 0 Å². The van der Waals surface area contributed by atoms with Crippen LogP contribution in [-0.2, 0) is 9.59 Å². The van der Waals surface area contributed by atoms with Crippen LogP contribution in [0.5, 0.6) is 0 Å². The number of para-hydroxylation sites is 4. The number of carbonyl (C=O) groups is 2. The van der Waals surface area contributed by atoms with Crippen molar-refractivity contribution in [3.63, 3.8) is 0 Å². The van der Waals surface area contributed by atoms with Gasteiger partial charge in [-0.3, -0.25) is 9.59 Å². The minimum absolute atomic E-state index is 0.0256. The molecule has 0 saturated heterocycles. The van der Waals surface area contributed by atoms with E-state index < -0.39 is 11.9 Å². The fourth-order valence-corrected chi connectivity index (χ4v) is 3.00. The molecule has 0 aliphatic carbocycles. The lowest BCUT2D eigenvalue weighted by Crippen LogP contribution is -2.32. The van der Waals surface area contributed by atoms with E-state index in [1.54, 1.807) is 0 Å². The first-order chi connectivity index (χ1) is 11.6. The molecule has 0 fully saturated rings. The summed E-state index contributed by atoms with van der Waals surface area (Å²) in [6, 6.07) is 15.3. The van der Waals surface area contributed by atoms with Gasteiger partial charge in [-0.2, -0.15) is 0 Å². The summed E-state index contributed by atoms with van der Waals surface area (Å²) < 4.78 is 0. The van der Waals surface area contributed by atoms with Crippen LogP contribution in [0.15, 0.2) is 48.5 Å². The number of nitrogens with zero attached hydrogens (tertiary/aromatic N) is 2. The van der Waals surface area contributed by atoms with Crippen LogP contribution < -0.4 is 9.80 Å². The predicted octanol–water partition coefficient (Wildman–Crippen LogP) is 3.23. The van der Waals surface area contributed by atoms with E-state index in [4.69, 9.17) is 10.2 Å². The van der Waals surface area contributed by atoms with Gasteiger partial charge in [-0.05, 0) is 24.3 Å². The van der Waals surface area contributed by atoms with Crippen molar-refractivity contribution in [1.29, 1.82) is 0 Å². The van der Waals surface area contributed by atoms with Crippen molar-refractivity contribution in [3.8, 4) is 0 Å². The fraction of sp³-hybridized carbons (Fsp3) is 0.222. The Balaban J connectivity index is 2.05.